The van der Waals surface area contributed by atoms with Crippen molar-refractivity contribution in [3.63, 3.8) is 0 Å². The first-order valence-electron chi connectivity index (χ1n) is 8.09. The standard InChI is InChI=1S/C19H17FN2O4/c1-12(26-18(24)10-13-6-2-3-7-14(13)20)19(25)22-11-17(23)21-15-8-4-5-9-16(15)22/h2-9,12H,10-11H2,1H3,(H,21,23)/t12-/m0/s1. The highest BCUT2D eigenvalue weighted by molar-refractivity contribution is 6.11. The number of ether oxygens (including phenoxy) is 1. The number of benzene rings is 2. The summed E-state index contributed by atoms with van der Waals surface area (Å²) in [6.07, 6.45) is -1.38. The van der Waals surface area contributed by atoms with Crippen LogP contribution in [-0.4, -0.2) is 30.4 Å². The van der Waals surface area contributed by atoms with Crippen LogP contribution in [0.15, 0.2) is 48.5 Å². The number of anilines is 2. The largest absolute Gasteiger partial charge is 0.452 e. The Hall–Kier alpha value is -3.22. The van der Waals surface area contributed by atoms with E-state index >= 15 is 0 Å². The number of hydrogen-bond acceptors (Lipinski definition) is 4. The fraction of sp³-hybridized carbons (Fsp3) is 0.211. The molecular formula is C19H17FN2O4. The topological polar surface area (TPSA) is 75.7 Å². The van der Waals surface area contributed by atoms with Crippen LogP contribution in [0.25, 0.3) is 0 Å². The summed E-state index contributed by atoms with van der Waals surface area (Å²) in [6, 6.07) is 12.7. The Labute approximate surface area is 149 Å². The Morgan fingerprint density at radius 3 is 2.65 bits per heavy atom. The lowest BCUT2D eigenvalue weighted by atomic mass is 10.1. The van der Waals surface area contributed by atoms with E-state index in [0.29, 0.717) is 11.4 Å². The molecule has 7 heteroatoms. The summed E-state index contributed by atoms with van der Waals surface area (Å²) in [5.41, 5.74) is 1.25. The van der Waals surface area contributed by atoms with Crippen LogP contribution in [0.3, 0.4) is 0 Å². The molecule has 0 saturated heterocycles. The van der Waals surface area contributed by atoms with E-state index in [9.17, 15) is 18.8 Å². The van der Waals surface area contributed by atoms with Crippen LogP contribution in [-0.2, 0) is 25.5 Å². The van der Waals surface area contributed by atoms with Gasteiger partial charge in [0.05, 0.1) is 17.8 Å². The van der Waals surface area contributed by atoms with Gasteiger partial charge in [0.15, 0.2) is 6.10 Å². The first kappa shape index (κ1) is 17.6. The van der Waals surface area contributed by atoms with E-state index in [4.69, 9.17) is 4.74 Å². The monoisotopic (exact) mass is 356 g/mol. The minimum Gasteiger partial charge on any atom is -0.452 e. The number of hydrogen-bond donors (Lipinski definition) is 1. The third kappa shape index (κ3) is 3.72. The van der Waals surface area contributed by atoms with Gasteiger partial charge in [-0.1, -0.05) is 30.3 Å². The Morgan fingerprint density at radius 1 is 1.19 bits per heavy atom. The average Bonchev–Trinajstić information content (AvgIpc) is 2.62. The van der Waals surface area contributed by atoms with E-state index in [-0.39, 0.29) is 24.4 Å². The molecule has 1 aliphatic rings. The van der Waals surface area contributed by atoms with Crippen LogP contribution in [0.5, 0.6) is 0 Å². The van der Waals surface area contributed by atoms with Gasteiger partial charge in [-0.3, -0.25) is 19.3 Å². The number of rotatable bonds is 4. The van der Waals surface area contributed by atoms with E-state index in [1.54, 1.807) is 30.3 Å². The van der Waals surface area contributed by atoms with E-state index in [2.05, 4.69) is 5.32 Å². The first-order valence-corrected chi connectivity index (χ1v) is 8.09. The van der Waals surface area contributed by atoms with Crippen molar-refractivity contribution in [1.29, 1.82) is 0 Å². The van der Waals surface area contributed by atoms with Gasteiger partial charge in [-0.05, 0) is 30.7 Å². The highest BCUT2D eigenvalue weighted by Crippen LogP contribution is 2.29. The van der Waals surface area contributed by atoms with Crippen LogP contribution in [0.2, 0.25) is 0 Å². The van der Waals surface area contributed by atoms with E-state index in [0.717, 1.165) is 0 Å². The molecule has 0 aliphatic carbocycles. The van der Waals surface area contributed by atoms with Gasteiger partial charge in [-0.2, -0.15) is 0 Å². The van der Waals surface area contributed by atoms with Gasteiger partial charge in [0.2, 0.25) is 5.91 Å². The lowest BCUT2D eigenvalue weighted by molar-refractivity contribution is -0.153. The maximum Gasteiger partial charge on any atom is 0.311 e. The molecule has 26 heavy (non-hydrogen) atoms. The highest BCUT2D eigenvalue weighted by Gasteiger charge is 2.31. The molecule has 2 aromatic carbocycles. The van der Waals surface area contributed by atoms with Crippen molar-refractivity contribution in [2.75, 3.05) is 16.8 Å². The van der Waals surface area contributed by atoms with Gasteiger partial charge >= 0.3 is 5.97 Å². The Balaban J connectivity index is 1.69. The van der Waals surface area contributed by atoms with Crippen molar-refractivity contribution >= 4 is 29.2 Å². The molecule has 1 heterocycles. The molecule has 2 aromatic rings. The molecule has 0 saturated carbocycles. The Morgan fingerprint density at radius 2 is 1.88 bits per heavy atom. The predicted molar refractivity (Wildman–Crippen MR) is 93.1 cm³/mol. The van der Waals surface area contributed by atoms with Crippen LogP contribution in [0, 0.1) is 5.82 Å². The van der Waals surface area contributed by atoms with Crippen LogP contribution in [0.4, 0.5) is 15.8 Å². The summed E-state index contributed by atoms with van der Waals surface area (Å²) < 4.78 is 18.8. The quantitative estimate of drug-likeness (QED) is 0.853. The Bertz CT molecular complexity index is 868. The van der Waals surface area contributed by atoms with Crippen molar-refractivity contribution in [1.82, 2.24) is 0 Å². The Kier molecular flexibility index (Phi) is 4.97. The molecule has 134 valence electrons. The van der Waals surface area contributed by atoms with Crippen LogP contribution in [0.1, 0.15) is 12.5 Å². The lowest BCUT2D eigenvalue weighted by Gasteiger charge is -2.30. The van der Waals surface area contributed by atoms with Gasteiger partial charge in [-0.25, -0.2) is 4.39 Å². The van der Waals surface area contributed by atoms with Gasteiger partial charge in [0.1, 0.15) is 12.4 Å². The van der Waals surface area contributed by atoms with Gasteiger partial charge in [0, 0.05) is 0 Å². The first-order chi connectivity index (χ1) is 12.5. The summed E-state index contributed by atoms with van der Waals surface area (Å²) in [7, 11) is 0. The third-order valence-electron chi connectivity index (χ3n) is 3.99. The third-order valence-corrected chi connectivity index (χ3v) is 3.99. The number of nitrogens with one attached hydrogen (secondary N) is 1. The molecule has 1 aliphatic heterocycles. The van der Waals surface area contributed by atoms with Gasteiger partial charge < -0.3 is 10.1 Å². The zero-order valence-corrected chi connectivity index (χ0v) is 14.1. The highest BCUT2D eigenvalue weighted by atomic mass is 19.1. The maximum absolute atomic E-state index is 13.6. The normalized spacial score (nSPS) is 14.2. The second kappa shape index (κ2) is 7.35. The molecule has 1 N–H and O–H groups in total. The average molecular weight is 356 g/mol. The van der Waals surface area contributed by atoms with Crippen molar-refractivity contribution in [3.05, 3.63) is 59.9 Å². The summed E-state index contributed by atoms with van der Waals surface area (Å²) in [5.74, 6) is -2.08. The minimum atomic E-state index is -1.10. The van der Waals surface area contributed by atoms with Gasteiger partial charge in [-0.15, -0.1) is 0 Å². The number of halogens is 1. The van der Waals surface area contributed by atoms with E-state index in [1.807, 2.05) is 0 Å². The molecule has 2 amide bonds. The van der Waals surface area contributed by atoms with Crippen LogP contribution >= 0.6 is 0 Å². The molecule has 1 atom stereocenters. The SMILES string of the molecule is C[C@H](OC(=O)Cc1ccccc1F)C(=O)N1CC(=O)Nc2ccccc21. The van der Waals surface area contributed by atoms with Crippen LogP contribution < -0.4 is 10.2 Å². The molecule has 0 fully saturated rings. The smallest absolute Gasteiger partial charge is 0.311 e. The number of carbonyl (C=O) groups is 3. The van der Waals surface area contributed by atoms with Crippen molar-refractivity contribution in [2.45, 2.75) is 19.4 Å². The fourth-order valence-corrected chi connectivity index (χ4v) is 2.74. The van der Waals surface area contributed by atoms with Crippen molar-refractivity contribution < 1.29 is 23.5 Å². The zero-order chi connectivity index (χ0) is 18.7. The van der Waals surface area contributed by atoms with Gasteiger partial charge in [0.25, 0.3) is 5.91 Å². The number of fused-ring (bicyclic) bond motifs is 1. The predicted octanol–water partition coefficient (Wildman–Crippen LogP) is 2.29. The summed E-state index contributed by atoms with van der Waals surface area (Å²) in [4.78, 5) is 37.8. The molecule has 0 unspecified atom stereocenters. The molecule has 3 rings (SSSR count). The van der Waals surface area contributed by atoms with E-state index < -0.39 is 23.8 Å². The van der Waals surface area contributed by atoms with Crippen molar-refractivity contribution in [3.8, 4) is 0 Å². The second-order valence-electron chi connectivity index (χ2n) is 5.89. The lowest BCUT2D eigenvalue weighted by Crippen LogP contribution is -2.47. The molecule has 0 aromatic heterocycles. The summed E-state index contributed by atoms with van der Waals surface area (Å²) in [5, 5.41) is 2.68. The van der Waals surface area contributed by atoms with E-state index in [1.165, 1.54) is 30.0 Å². The molecule has 6 nitrogen and oxygen atoms in total. The summed E-state index contributed by atoms with van der Waals surface area (Å²) >= 11 is 0. The minimum absolute atomic E-state index is 0.162. The maximum atomic E-state index is 13.6. The van der Waals surface area contributed by atoms with Crippen molar-refractivity contribution in [2.24, 2.45) is 0 Å². The number of esters is 1. The molecule has 0 bridgehead atoms. The number of para-hydroxylation sites is 2. The molecule has 0 radical (unpaired) electrons. The second-order valence-corrected chi connectivity index (χ2v) is 5.89. The number of amides is 2. The fourth-order valence-electron chi connectivity index (χ4n) is 2.74. The number of carbonyl (C=O) groups excluding carboxylic acids is 3. The summed E-state index contributed by atoms with van der Waals surface area (Å²) in [6.45, 7) is 1.27. The zero-order valence-electron chi connectivity index (χ0n) is 14.1. The molecular weight excluding hydrogens is 339 g/mol. The number of nitrogens with zero attached hydrogens (tertiary/aromatic N) is 1. The molecule has 0 spiro atoms.